The van der Waals surface area contributed by atoms with Gasteiger partial charge in [0, 0.05) is 11.7 Å². The van der Waals surface area contributed by atoms with Gasteiger partial charge in [-0.2, -0.15) is 0 Å². The molecule has 5 heteroatoms. The number of hydrogen-bond acceptors (Lipinski definition) is 4. The second kappa shape index (κ2) is 6.98. The summed E-state index contributed by atoms with van der Waals surface area (Å²) in [5.41, 5.74) is 14.6. The molecule has 138 valence electrons. The van der Waals surface area contributed by atoms with Crippen LogP contribution in [0.3, 0.4) is 0 Å². The summed E-state index contributed by atoms with van der Waals surface area (Å²) < 4.78 is 1.99. The monoisotopic (exact) mass is 351 g/mol. The van der Waals surface area contributed by atoms with Crippen LogP contribution in [0.1, 0.15) is 49.1 Å². The molecule has 0 unspecified atom stereocenters. The van der Waals surface area contributed by atoms with Crippen LogP contribution in [0.15, 0.2) is 18.2 Å². The van der Waals surface area contributed by atoms with Gasteiger partial charge in [-0.1, -0.05) is 31.5 Å². The van der Waals surface area contributed by atoms with Crippen molar-refractivity contribution in [2.45, 2.75) is 60.4 Å². The number of aryl methyl sites for hydroxylation is 4. The molecule has 5 nitrogen and oxygen atoms in total. The van der Waals surface area contributed by atoms with Crippen LogP contribution in [-0.2, 0) is 0 Å². The summed E-state index contributed by atoms with van der Waals surface area (Å²) in [6.45, 7) is 12.7. The molecule has 0 aliphatic rings. The van der Waals surface area contributed by atoms with Crippen LogP contribution < -0.4 is 11.1 Å². The lowest BCUT2D eigenvalue weighted by Crippen LogP contribution is -2.17. The van der Waals surface area contributed by atoms with Gasteiger partial charge in [0.25, 0.3) is 0 Å². The largest absolute Gasteiger partial charge is 0.380 e. The number of imidazole rings is 1. The molecule has 3 N–H and O–H groups in total. The summed E-state index contributed by atoms with van der Waals surface area (Å²) in [7, 11) is 0. The lowest BCUT2D eigenvalue weighted by atomic mass is 10.0. The molecule has 0 spiro atoms. The van der Waals surface area contributed by atoms with E-state index >= 15 is 0 Å². The Morgan fingerprint density at radius 1 is 1.00 bits per heavy atom. The Bertz CT molecular complexity index is 928. The fraction of sp³-hybridized carbons (Fsp3) is 0.429. The maximum absolute atomic E-state index is 6.36. The van der Waals surface area contributed by atoms with Crippen molar-refractivity contribution < 1.29 is 0 Å². The first-order valence-corrected chi connectivity index (χ1v) is 9.36. The predicted octanol–water partition coefficient (Wildman–Crippen LogP) is 4.84. The lowest BCUT2D eigenvalue weighted by Gasteiger charge is -2.17. The number of nitrogens with one attached hydrogen (secondary N) is 1. The predicted molar refractivity (Wildman–Crippen MR) is 110 cm³/mol. The molecule has 3 rings (SSSR count). The number of anilines is 2. The Balaban J connectivity index is 2.26. The molecule has 0 radical (unpaired) electrons. The first kappa shape index (κ1) is 18.2. The van der Waals surface area contributed by atoms with Crippen molar-refractivity contribution in [1.82, 2.24) is 14.5 Å². The van der Waals surface area contributed by atoms with Gasteiger partial charge in [-0.15, -0.1) is 0 Å². The van der Waals surface area contributed by atoms with E-state index in [4.69, 9.17) is 10.7 Å². The molecule has 0 saturated carbocycles. The number of benzene rings is 1. The zero-order valence-electron chi connectivity index (χ0n) is 16.6. The summed E-state index contributed by atoms with van der Waals surface area (Å²) >= 11 is 0. The second-order valence-corrected chi connectivity index (χ2v) is 7.19. The maximum Gasteiger partial charge on any atom is 0.207 e. The Kier molecular flexibility index (Phi) is 4.90. The molecule has 0 bridgehead atoms. The number of nitrogens with zero attached hydrogens (tertiary/aromatic N) is 3. The third kappa shape index (κ3) is 3.14. The van der Waals surface area contributed by atoms with E-state index in [0.717, 1.165) is 41.1 Å². The topological polar surface area (TPSA) is 68.8 Å². The number of nitrogens with two attached hydrogens (primary N) is 1. The van der Waals surface area contributed by atoms with Gasteiger partial charge in [0.05, 0.1) is 11.4 Å². The quantitative estimate of drug-likeness (QED) is 0.690. The highest BCUT2D eigenvalue weighted by atomic mass is 15.2. The number of pyridine rings is 1. The molecular formula is C21H29N5. The molecule has 0 aliphatic carbocycles. The van der Waals surface area contributed by atoms with Gasteiger partial charge in [-0.3, -0.25) is 4.57 Å². The summed E-state index contributed by atoms with van der Waals surface area (Å²) in [6.07, 6.45) is 2.12. The maximum atomic E-state index is 6.36. The summed E-state index contributed by atoms with van der Waals surface area (Å²) in [6, 6.07) is 6.82. The summed E-state index contributed by atoms with van der Waals surface area (Å²) in [5.74, 6) is 0.473. The molecule has 0 atom stereocenters. The Hall–Kier alpha value is -2.56. The van der Waals surface area contributed by atoms with Gasteiger partial charge >= 0.3 is 0 Å². The number of rotatable bonds is 5. The smallest absolute Gasteiger partial charge is 0.207 e. The third-order valence-electron chi connectivity index (χ3n) is 4.97. The van der Waals surface area contributed by atoms with Crippen molar-refractivity contribution in [2.75, 3.05) is 11.1 Å². The first-order chi connectivity index (χ1) is 12.3. The van der Waals surface area contributed by atoms with E-state index in [0.29, 0.717) is 12.0 Å². The standard InChI is InChI=1S/C21H29N5/c1-7-16(8-2)24-17-11-15(6)23-20-18(17)25-21(22)26(20)19-13(4)9-12(3)10-14(19)5/h9-11,16H,7-8H2,1-6H3,(H2,22,25)(H,23,24). The zero-order valence-corrected chi connectivity index (χ0v) is 16.6. The van der Waals surface area contributed by atoms with Crippen LogP contribution >= 0.6 is 0 Å². The van der Waals surface area contributed by atoms with Gasteiger partial charge in [-0.05, 0) is 57.7 Å². The van der Waals surface area contributed by atoms with E-state index in [-0.39, 0.29) is 0 Å². The number of hydrogen-bond donors (Lipinski definition) is 2. The van der Waals surface area contributed by atoms with E-state index in [1.54, 1.807) is 0 Å². The van der Waals surface area contributed by atoms with E-state index in [2.05, 4.69) is 63.1 Å². The lowest BCUT2D eigenvalue weighted by molar-refractivity contribution is 0.672. The molecule has 26 heavy (non-hydrogen) atoms. The summed E-state index contributed by atoms with van der Waals surface area (Å²) in [5, 5.41) is 3.62. The fourth-order valence-corrected chi connectivity index (χ4v) is 3.76. The van der Waals surface area contributed by atoms with Crippen LogP contribution in [0.25, 0.3) is 16.9 Å². The SMILES string of the molecule is CCC(CC)Nc1cc(C)nc2c1nc(N)n2-c1c(C)cc(C)cc1C. The average molecular weight is 351 g/mol. The molecule has 2 heterocycles. The highest BCUT2D eigenvalue weighted by molar-refractivity contribution is 5.89. The number of nitrogen functional groups attached to an aromatic ring is 1. The summed E-state index contributed by atoms with van der Waals surface area (Å²) in [4.78, 5) is 9.45. The van der Waals surface area contributed by atoms with Gasteiger partial charge in [-0.25, -0.2) is 9.97 Å². The van der Waals surface area contributed by atoms with Crippen molar-refractivity contribution in [1.29, 1.82) is 0 Å². The van der Waals surface area contributed by atoms with E-state index in [1.807, 2.05) is 11.5 Å². The highest BCUT2D eigenvalue weighted by Crippen LogP contribution is 2.31. The van der Waals surface area contributed by atoms with Gasteiger partial charge < -0.3 is 11.1 Å². The molecule has 0 aliphatic heterocycles. The van der Waals surface area contributed by atoms with Crippen LogP contribution in [0.5, 0.6) is 0 Å². The van der Waals surface area contributed by atoms with Crippen molar-refractivity contribution in [3.8, 4) is 5.69 Å². The van der Waals surface area contributed by atoms with Crippen molar-refractivity contribution >= 4 is 22.8 Å². The van der Waals surface area contributed by atoms with E-state index in [1.165, 1.54) is 16.7 Å². The minimum atomic E-state index is 0.411. The molecule has 1 aromatic carbocycles. The zero-order chi connectivity index (χ0) is 19.0. The Morgan fingerprint density at radius 3 is 2.19 bits per heavy atom. The highest BCUT2D eigenvalue weighted by Gasteiger charge is 2.19. The van der Waals surface area contributed by atoms with Gasteiger partial charge in [0.15, 0.2) is 5.65 Å². The molecule has 0 fully saturated rings. The van der Waals surface area contributed by atoms with Crippen molar-refractivity contribution in [3.63, 3.8) is 0 Å². The molecule has 0 saturated heterocycles. The van der Waals surface area contributed by atoms with Crippen molar-refractivity contribution in [3.05, 3.63) is 40.6 Å². The Morgan fingerprint density at radius 2 is 1.62 bits per heavy atom. The molecular weight excluding hydrogens is 322 g/mol. The third-order valence-corrected chi connectivity index (χ3v) is 4.97. The molecule has 2 aromatic heterocycles. The Labute approximate surface area is 155 Å². The molecule has 0 amide bonds. The number of fused-ring (bicyclic) bond motifs is 1. The normalized spacial score (nSPS) is 11.5. The number of aromatic nitrogens is 3. The van der Waals surface area contributed by atoms with Crippen LogP contribution in [0.2, 0.25) is 0 Å². The average Bonchev–Trinajstić information content (AvgIpc) is 2.88. The minimum Gasteiger partial charge on any atom is -0.380 e. The van der Waals surface area contributed by atoms with E-state index < -0.39 is 0 Å². The minimum absolute atomic E-state index is 0.411. The molecule has 3 aromatic rings. The first-order valence-electron chi connectivity index (χ1n) is 9.36. The van der Waals surface area contributed by atoms with E-state index in [9.17, 15) is 0 Å². The van der Waals surface area contributed by atoms with Crippen LogP contribution in [0, 0.1) is 27.7 Å². The fourth-order valence-electron chi connectivity index (χ4n) is 3.76. The van der Waals surface area contributed by atoms with Crippen LogP contribution in [-0.4, -0.2) is 20.6 Å². The van der Waals surface area contributed by atoms with Crippen molar-refractivity contribution in [2.24, 2.45) is 0 Å². The second-order valence-electron chi connectivity index (χ2n) is 7.19. The van der Waals surface area contributed by atoms with Crippen LogP contribution in [0.4, 0.5) is 11.6 Å². The van der Waals surface area contributed by atoms with Gasteiger partial charge in [0.2, 0.25) is 5.95 Å². The van der Waals surface area contributed by atoms with Gasteiger partial charge in [0.1, 0.15) is 5.52 Å².